The number of nitrogens with two attached hydrogens (primary N) is 1. The van der Waals surface area contributed by atoms with Crippen LogP contribution in [-0.4, -0.2) is 64.4 Å². The summed E-state index contributed by atoms with van der Waals surface area (Å²) < 4.78 is 0. The molecular formula is C26H34N6O2. The van der Waals surface area contributed by atoms with Crippen LogP contribution in [0.15, 0.2) is 42.7 Å². The highest BCUT2D eigenvalue weighted by atomic mass is 16.2. The highest BCUT2D eigenvalue weighted by molar-refractivity contribution is 5.95. The van der Waals surface area contributed by atoms with E-state index in [1.165, 1.54) is 24.8 Å². The number of carbonyl (C=O) groups is 2. The number of aromatic nitrogens is 2. The van der Waals surface area contributed by atoms with Crippen molar-refractivity contribution in [2.24, 2.45) is 11.7 Å². The van der Waals surface area contributed by atoms with E-state index in [-0.39, 0.29) is 22.9 Å². The van der Waals surface area contributed by atoms with Crippen molar-refractivity contribution in [3.63, 3.8) is 0 Å². The molecule has 2 heterocycles. The van der Waals surface area contributed by atoms with Gasteiger partial charge in [-0.05, 0) is 64.1 Å². The van der Waals surface area contributed by atoms with Gasteiger partial charge in [-0.3, -0.25) is 14.6 Å². The predicted octanol–water partition coefficient (Wildman–Crippen LogP) is 3.39. The van der Waals surface area contributed by atoms with Crippen molar-refractivity contribution in [3.05, 3.63) is 54.1 Å². The molecule has 2 N–H and O–H groups in total. The Hall–Kier alpha value is -3.00. The summed E-state index contributed by atoms with van der Waals surface area (Å²) in [7, 11) is 4.34. The smallest absolute Gasteiger partial charge is 0.325 e. The van der Waals surface area contributed by atoms with Crippen molar-refractivity contribution < 1.29 is 9.59 Å². The van der Waals surface area contributed by atoms with E-state index >= 15 is 0 Å². The van der Waals surface area contributed by atoms with E-state index in [1.807, 2.05) is 0 Å². The van der Waals surface area contributed by atoms with E-state index in [2.05, 4.69) is 64.2 Å². The second-order valence-corrected chi connectivity index (χ2v) is 10.4. The van der Waals surface area contributed by atoms with Gasteiger partial charge in [0, 0.05) is 12.1 Å². The van der Waals surface area contributed by atoms with Crippen molar-refractivity contribution in [1.82, 2.24) is 19.8 Å². The summed E-state index contributed by atoms with van der Waals surface area (Å²) in [6, 6.07) is 10.8. The lowest BCUT2D eigenvalue weighted by Crippen LogP contribution is -2.56. The number of nitrogens with zero attached hydrogens (tertiary/aromatic N) is 5. The predicted molar refractivity (Wildman–Crippen MR) is 130 cm³/mol. The summed E-state index contributed by atoms with van der Waals surface area (Å²) in [6.45, 7) is 1.44. The van der Waals surface area contributed by atoms with Crippen LogP contribution in [0.25, 0.3) is 0 Å². The Morgan fingerprint density at radius 2 is 1.74 bits per heavy atom. The molecule has 2 saturated carbocycles. The van der Waals surface area contributed by atoms with Gasteiger partial charge in [0.05, 0.1) is 30.2 Å². The largest absolute Gasteiger partial charge is 0.363 e. The molecule has 1 aliphatic heterocycles. The molecule has 2 aromatic rings. The molecule has 8 nitrogen and oxygen atoms in total. The van der Waals surface area contributed by atoms with Crippen molar-refractivity contribution in [2.75, 3.05) is 32.1 Å². The first kappa shape index (κ1) is 22.8. The lowest BCUT2D eigenvalue weighted by atomic mass is 9.68. The zero-order chi connectivity index (χ0) is 23.9. The number of hydrogen-bond acceptors (Lipinski definition) is 5. The van der Waals surface area contributed by atoms with Crippen LogP contribution in [-0.2, 0) is 5.54 Å². The SMILES string of the molecule is CN(C)[C@]1(c2ccccc2)CC[C@@]2(CC1)CN(c1cnc(C(N)=O)nc1)C(=O)N2CC1CCC1. The molecule has 0 unspecified atom stereocenters. The van der Waals surface area contributed by atoms with Gasteiger partial charge < -0.3 is 10.6 Å². The molecule has 1 saturated heterocycles. The normalized spacial score (nSPS) is 27.4. The molecule has 3 amide bonds. The number of amides is 3. The number of benzene rings is 1. The van der Waals surface area contributed by atoms with Gasteiger partial charge in [-0.2, -0.15) is 0 Å². The highest BCUT2D eigenvalue weighted by Gasteiger charge is 2.55. The van der Waals surface area contributed by atoms with Gasteiger partial charge in [0.25, 0.3) is 5.91 Å². The summed E-state index contributed by atoms with van der Waals surface area (Å²) in [5.74, 6) is -0.118. The van der Waals surface area contributed by atoms with Crippen molar-refractivity contribution in [3.8, 4) is 0 Å². The van der Waals surface area contributed by atoms with Crippen LogP contribution in [0.1, 0.15) is 61.1 Å². The fraction of sp³-hybridized carbons (Fsp3) is 0.538. The Labute approximate surface area is 201 Å². The second kappa shape index (κ2) is 8.65. The standard InChI is InChI=1S/C26H34N6O2/c1-30(2)26(20-9-4-3-5-10-20)13-11-25(12-14-26)18-31(21-15-28-23(22(27)33)29-16-21)24(34)32(25)17-19-7-6-8-19/h3-5,9-10,15-16,19H,6-8,11-14,17-18H2,1-2H3,(H2,27,33)/t25-,26-. The summed E-state index contributed by atoms with van der Waals surface area (Å²) in [5.41, 5.74) is 7.03. The fourth-order valence-electron chi connectivity index (χ4n) is 6.09. The van der Waals surface area contributed by atoms with Crippen molar-refractivity contribution in [2.45, 2.75) is 56.0 Å². The van der Waals surface area contributed by atoms with Gasteiger partial charge in [-0.25, -0.2) is 14.8 Å². The van der Waals surface area contributed by atoms with E-state index in [9.17, 15) is 9.59 Å². The van der Waals surface area contributed by atoms with Gasteiger partial charge in [0.15, 0.2) is 0 Å². The molecule has 5 rings (SSSR count). The summed E-state index contributed by atoms with van der Waals surface area (Å²) in [4.78, 5) is 39.6. The zero-order valence-corrected chi connectivity index (χ0v) is 20.1. The summed E-state index contributed by atoms with van der Waals surface area (Å²) in [5, 5.41) is 0. The third-order valence-electron chi connectivity index (χ3n) is 8.50. The maximum absolute atomic E-state index is 13.7. The van der Waals surface area contributed by atoms with Crippen LogP contribution >= 0.6 is 0 Å². The van der Waals surface area contributed by atoms with Gasteiger partial charge in [0.2, 0.25) is 5.82 Å². The van der Waals surface area contributed by atoms with Gasteiger partial charge in [0.1, 0.15) is 0 Å². The summed E-state index contributed by atoms with van der Waals surface area (Å²) in [6.07, 6.45) is 10.6. The molecule has 2 aliphatic carbocycles. The number of carbonyl (C=O) groups excluding carboxylic acids is 2. The number of rotatable bonds is 6. The molecule has 8 heteroatoms. The molecule has 0 atom stereocenters. The average molecular weight is 463 g/mol. The molecule has 0 radical (unpaired) electrons. The minimum atomic E-state index is -0.671. The van der Waals surface area contributed by atoms with Crippen LogP contribution in [0, 0.1) is 5.92 Å². The van der Waals surface area contributed by atoms with Crippen LogP contribution in [0.3, 0.4) is 0 Å². The van der Waals surface area contributed by atoms with E-state index < -0.39 is 5.91 Å². The number of urea groups is 1. The van der Waals surface area contributed by atoms with Crippen molar-refractivity contribution in [1.29, 1.82) is 0 Å². The maximum Gasteiger partial charge on any atom is 0.325 e. The zero-order valence-electron chi connectivity index (χ0n) is 20.1. The molecule has 0 bridgehead atoms. The Bertz CT molecular complexity index is 1040. The minimum Gasteiger partial charge on any atom is -0.363 e. The summed E-state index contributed by atoms with van der Waals surface area (Å²) >= 11 is 0. The minimum absolute atomic E-state index is 0.0272. The monoisotopic (exact) mass is 462 g/mol. The van der Waals surface area contributed by atoms with Gasteiger partial charge in [-0.15, -0.1) is 0 Å². The molecule has 3 fully saturated rings. The molecule has 1 spiro atoms. The quantitative estimate of drug-likeness (QED) is 0.710. The molecule has 180 valence electrons. The fourth-order valence-corrected chi connectivity index (χ4v) is 6.09. The first-order chi connectivity index (χ1) is 16.3. The topological polar surface area (TPSA) is 95.7 Å². The van der Waals surface area contributed by atoms with E-state index in [4.69, 9.17) is 5.73 Å². The molecule has 1 aromatic carbocycles. The van der Waals surface area contributed by atoms with Crippen molar-refractivity contribution >= 4 is 17.6 Å². The first-order valence-corrected chi connectivity index (χ1v) is 12.3. The number of primary amides is 1. The third-order valence-corrected chi connectivity index (χ3v) is 8.50. The third kappa shape index (κ3) is 3.74. The van der Waals surface area contributed by atoms with E-state index in [0.717, 1.165) is 32.2 Å². The Kier molecular flexibility index (Phi) is 5.80. The first-order valence-electron chi connectivity index (χ1n) is 12.3. The van der Waals surface area contributed by atoms with Crippen LogP contribution in [0.4, 0.5) is 10.5 Å². The average Bonchev–Trinajstić information content (AvgIpc) is 3.08. The number of hydrogen-bond donors (Lipinski definition) is 1. The highest BCUT2D eigenvalue weighted by Crippen LogP contribution is 2.50. The Morgan fingerprint density at radius 1 is 1.09 bits per heavy atom. The van der Waals surface area contributed by atoms with E-state index in [1.54, 1.807) is 17.3 Å². The van der Waals surface area contributed by atoms with Crippen LogP contribution in [0.2, 0.25) is 0 Å². The Morgan fingerprint density at radius 3 is 2.26 bits per heavy atom. The lowest BCUT2D eigenvalue weighted by molar-refractivity contribution is 0.0172. The lowest BCUT2D eigenvalue weighted by Gasteiger charge is -2.51. The van der Waals surface area contributed by atoms with E-state index in [0.29, 0.717) is 18.2 Å². The molecule has 1 aromatic heterocycles. The molecule has 34 heavy (non-hydrogen) atoms. The van der Waals surface area contributed by atoms with Crippen LogP contribution < -0.4 is 10.6 Å². The van der Waals surface area contributed by atoms with Gasteiger partial charge in [-0.1, -0.05) is 36.8 Å². The van der Waals surface area contributed by atoms with Gasteiger partial charge >= 0.3 is 6.03 Å². The second-order valence-electron chi connectivity index (χ2n) is 10.4. The van der Waals surface area contributed by atoms with Crippen LogP contribution in [0.5, 0.6) is 0 Å². The number of anilines is 1. The molecular weight excluding hydrogens is 428 g/mol. The molecule has 3 aliphatic rings. The maximum atomic E-state index is 13.7. The Balaban J connectivity index is 1.44.